The second-order valence-corrected chi connectivity index (χ2v) is 2.93. The second-order valence-electron chi connectivity index (χ2n) is 2.93. The molecule has 0 radical (unpaired) electrons. The Balaban J connectivity index is 2.82. The monoisotopic (exact) mass is 225 g/mol. The second kappa shape index (κ2) is 4.62. The van der Waals surface area contributed by atoms with Crippen LogP contribution < -0.4 is 0 Å². The number of nitriles is 1. The SMILES string of the molecule is N#Cc1ccc(C(=O)/C=C/C(F)(F)F)cc1. The van der Waals surface area contributed by atoms with Gasteiger partial charge >= 0.3 is 6.18 Å². The summed E-state index contributed by atoms with van der Waals surface area (Å²) in [6.45, 7) is 0. The number of benzene rings is 1. The highest BCUT2D eigenvalue weighted by Crippen LogP contribution is 2.16. The van der Waals surface area contributed by atoms with Crippen molar-refractivity contribution in [1.82, 2.24) is 0 Å². The van der Waals surface area contributed by atoms with E-state index < -0.39 is 12.0 Å². The number of carbonyl (C=O) groups is 1. The standard InChI is InChI=1S/C11H6F3NO/c12-11(13,14)6-5-10(16)9-3-1-8(7-15)2-4-9/h1-6H/b6-5+. The van der Waals surface area contributed by atoms with Gasteiger partial charge in [0.1, 0.15) is 0 Å². The van der Waals surface area contributed by atoms with E-state index in [0.29, 0.717) is 11.6 Å². The molecular weight excluding hydrogens is 219 g/mol. The van der Waals surface area contributed by atoms with E-state index in [9.17, 15) is 18.0 Å². The van der Waals surface area contributed by atoms with Gasteiger partial charge in [0.2, 0.25) is 0 Å². The Morgan fingerprint density at radius 2 is 1.81 bits per heavy atom. The Hall–Kier alpha value is -2.09. The Morgan fingerprint density at radius 3 is 2.25 bits per heavy atom. The van der Waals surface area contributed by atoms with Gasteiger partial charge in [-0.1, -0.05) is 0 Å². The van der Waals surface area contributed by atoms with Crippen LogP contribution in [0.3, 0.4) is 0 Å². The van der Waals surface area contributed by atoms with Crippen molar-refractivity contribution in [2.24, 2.45) is 0 Å². The number of ketones is 1. The molecule has 0 aliphatic carbocycles. The van der Waals surface area contributed by atoms with E-state index in [4.69, 9.17) is 5.26 Å². The molecule has 1 aromatic rings. The van der Waals surface area contributed by atoms with Gasteiger partial charge in [0.15, 0.2) is 5.78 Å². The van der Waals surface area contributed by atoms with Gasteiger partial charge in [0, 0.05) is 11.6 Å². The Labute approximate surface area is 89.6 Å². The molecule has 0 aromatic heterocycles. The predicted molar refractivity (Wildman–Crippen MR) is 50.7 cm³/mol. The molecule has 16 heavy (non-hydrogen) atoms. The van der Waals surface area contributed by atoms with Gasteiger partial charge in [-0.05, 0) is 30.3 Å². The van der Waals surface area contributed by atoms with Gasteiger partial charge in [-0.15, -0.1) is 0 Å². The maximum atomic E-state index is 11.8. The molecule has 82 valence electrons. The van der Waals surface area contributed by atoms with Crippen molar-refractivity contribution in [2.45, 2.75) is 6.18 Å². The molecule has 0 aliphatic rings. The first kappa shape index (κ1) is 12.0. The van der Waals surface area contributed by atoms with Crippen molar-refractivity contribution in [3.05, 3.63) is 47.5 Å². The molecule has 1 aromatic carbocycles. The molecule has 0 saturated heterocycles. The van der Waals surface area contributed by atoms with Crippen LogP contribution in [0.15, 0.2) is 36.4 Å². The van der Waals surface area contributed by atoms with Gasteiger partial charge in [0.25, 0.3) is 0 Å². The molecule has 0 fully saturated rings. The third kappa shape index (κ3) is 3.58. The lowest BCUT2D eigenvalue weighted by molar-refractivity contribution is -0.0799. The summed E-state index contributed by atoms with van der Waals surface area (Å²) >= 11 is 0. The third-order valence-corrected chi connectivity index (χ3v) is 1.72. The summed E-state index contributed by atoms with van der Waals surface area (Å²) in [5, 5.41) is 8.48. The van der Waals surface area contributed by atoms with Crippen LogP contribution in [-0.2, 0) is 0 Å². The first-order valence-electron chi connectivity index (χ1n) is 4.23. The van der Waals surface area contributed by atoms with Crippen molar-refractivity contribution in [3.63, 3.8) is 0 Å². The van der Waals surface area contributed by atoms with E-state index in [0.717, 1.165) is 0 Å². The van der Waals surface area contributed by atoms with Gasteiger partial charge in [-0.25, -0.2) is 0 Å². The molecular formula is C11H6F3NO. The molecule has 0 saturated carbocycles. The molecule has 0 amide bonds. The van der Waals surface area contributed by atoms with Crippen molar-refractivity contribution < 1.29 is 18.0 Å². The van der Waals surface area contributed by atoms with Crippen LogP contribution in [0, 0.1) is 11.3 Å². The molecule has 1 rings (SSSR count). The van der Waals surface area contributed by atoms with Gasteiger partial charge in [-0.2, -0.15) is 18.4 Å². The van der Waals surface area contributed by atoms with Crippen molar-refractivity contribution in [1.29, 1.82) is 5.26 Å². The number of halogens is 3. The van der Waals surface area contributed by atoms with Crippen LogP contribution in [-0.4, -0.2) is 12.0 Å². The fourth-order valence-corrected chi connectivity index (χ4v) is 0.975. The average Bonchev–Trinajstić information content (AvgIpc) is 2.25. The molecule has 0 N–H and O–H groups in total. The zero-order valence-corrected chi connectivity index (χ0v) is 7.95. The van der Waals surface area contributed by atoms with Gasteiger partial charge in [0.05, 0.1) is 11.6 Å². The predicted octanol–water partition coefficient (Wildman–Crippen LogP) is 2.86. The zero-order chi connectivity index (χ0) is 12.2. The van der Waals surface area contributed by atoms with Crippen LogP contribution in [0.1, 0.15) is 15.9 Å². The topological polar surface area (TPSA) is 40.9 Å². The highest BCUT2D eigenvalue weighted by molar-refractivity contribution is 6.04. The Morgan fingerprint density at radius 1 is 1.25 bits per heavy atom. The van der Waals surface area contributed by atoms with Crippen LogP contribution in [0.5, 0.6) is 0 Å². The van der Waals surface area contributed by atoms with E-state index in [2.05, 4.69) is 0 Å². The lowest BCUT2D eigenvalue weighted by Crippen LogP contribution is -2.03. The van der Waals surface area contributed by atoms with E-state index in [1.165, 1.54) is 24.3 Å². The number of carbonyl (C=O) groups excluding carboxylic acids is 1. The molecule has 0 spiro atoms. The quantitative estimate of drug-likeness (QED) is 0.573. The number of rotatable bonds is 2. The Bertz CT molecular complexity index is 452. The number of alkyl halides is 3. The summed E-state index contributed by atoms with van der Waals surface area (Å²) in [5.74, 6) is -0.748. The molecule has 0 aliphatic heterocycles. The minimum atomic E-state index is -4.50. The summed E-state index contributed by atoms with van der Waals surface area (Å²) < 4.78 is 35.3. The number of nitrogens with zero attached hydrogens (tertiary/aromatic N) is 1. The maximum Gasteiger partial charge on any atom is 0.409 e. The summed E-state index contributed by atoms with van der Waals surface area (Å²) in [6, 6.07) is 7.19. The molecule has 5 heteroatoms. The largest absolute Gasteiger partial charge is 0.409 e. The minimum Gasteiger partial charge on any atom is -0.289 e. The van der Waals surface area contributed by atoms with E-state index in [1.54, 1.807) is 0 Å². The molecule has 0 heterocycles. The maximum absolute atomic E-state index is 11.8. The highest BCUT2D eigenvalue weighted by Gasteiger charge is 2.22. The summed E-state index contributed by atoms with van der Waals surface area (Å²) in [7, 11) is 0. The smallest absolute Gasteiger partial charge is 0.289 e. The van der Waals surface area contributed by atoms with Crippen LogP contribution in [0.2, 0.25) is 0 Å². The van der Waals surface area contributed by atoms with Crippen LogP contribution in [0.25, 0.3) is 0 Å². The summed E-state index contributed by atoms with van der Waals surface area (Å²) in [4.78, 5) is 11.2. The lowest BCUT2D eigenvalue weighted by Gasteiger charge is -1.98. The van der Waals surface area contributed by atoms with Gasteiger partial charge in [-0.3, -0.25) is 4.79 Å². The van der Waals surface area contributed by atoms with E-state index >= 15 is 0 Å². The van der Waals surface area contributed by atoms with Crippen molar-refractivity contribution >= 4 is 5.78 Å². The van der Waals surface area contributed by atoms with Crippen molar-refractivity contribution in [2.75, 3.05) is 0 Å². The van der Waals surface area contributed by atoms with E-state index in [-0.39, 0.29) is 11.6 Å². The number of hydrogen-bond acceptors (Lipinski definition) is 2. The number of hydrogen-bond donors (Lipinski definition) is 0. The molecule has 0 atom stereocenters. The Kier molecular flexibility index (Phi) is 3.46. The summed E-state index contributed by atoms with van der Waals surface area (Å²) in [6.07, 6.45) is -4.16. The summed E-state index contributed by atoms with van der Waals surface area (Å²) in [5.41, 5.74) is 0.454. The highest BCUT2D eigenvalue weighted by atomic mass is 19.4. The fraction of sp³-hybridized carbons (Fsp3) is 0.0909. The van der Waals surface area contributed by atoms with Crippen molar-refractivity contribution in [3.8, 4) is 6.07 Å². The third-order valence-electron chi connectivity index (χ3n) is 1.72. The van der Waals surface area contributed by atoms with E-state index in [1.807, 2.05) is 6.07 Å². The fourth-order valence-electron chi connectivity index (χ4n) is 0.975. The zero-order valence-electron chi connectivity index (χ0n) is 7.95. The number of allylic oxidation sites excluding steroid dienone is 2. The van der Waals surface area contributed by atoms with Crippen LogP contribution in [0.4, 0.5) is 13.2 Å². The normalized spacial score (nSPS) is 11.4. The average molecular weight is 225 g/mol. The molecule has 0 bridgehead atoms. The molecule has 0 unspecified atom stereocenters. The minimum absolute atomic E-state index is 0.111. The first-order valence-corrected chi connectivity index (χ1v) is 4.23. The van der Waals surface area contributed by atoms with Crippen LogP contribution >= 0.6 is 0 Å². The van der Waals surface area contributed by atoms with Gasteiger partial charge < -0.3 is 0 Å². The first-order chi connectivity index (χ1) is 7.42. The molecule has 2 nitrogen and oxygen atoms in total. The lowest BCUT2D eigenvalue weighted by atomic mass is 10.1.